The third-order valence-electron chi connectivity index (χ3n) is 18.5. The third-order valence-corrected chi connectivity index (χ3v) is 33.2. The summed E-state index contributed by atoms with van der Waals surface area (Å²) in [6.45, 7) is 35.4. The summed E-state index contributed by atoms with van der Waals surface area (Å²) in [4.78, 5) is 0. The molecule has 0 bridgehead atoms. The average Bonchev–Trinajstić information content (AvgIpc) is 3.88. The summed E-state index contributed by atoms with van der Waals surface area (Å²) in [5.74, 6) is 0.321. The molecule has 4 heterocycles. The molecule has 4 aliphatic rings. The van der Waals surface area contributed by atoms with Crippen molar-refractivity contribution in [3.05, 3.63) is 158 Å². The second-order valence-corrected chi connectivity index (χ2v) is 38.6. The molecule has 4 aromatic rings. The smallest absolute Gasteiger partial charge is 0.261 e. The lowest BCUT2D eigenvalue weighted by Crippen LogP contribution is -2.70. The Balaban J connectivity index is 1.15. The second kappa shape index (κ2) is 26.1. The summed E-state index contributed by atoms with van der Waals surface area (Å²) in [5, 5.41) is 14.0. The normalized spacial score (nSPS) is 28.5. The molecule has 12 atom stereocenters. The van der Waals surface area contributed by atoms with Crippen LogP contribution in [0.1, 0.15) is 121 Å². The maximum Gasteiger partial charge on any atom is 0.261 e. The first-order chi connectivity index (χ1) is 37.3. The van der Waals surface area contributed by atoms with Crippen LogP contribution in [0.3, 0.4) is 0 Å². The number of ether oxygens (including phenoxy) is 4. The fourth-order valence-corrected chi connectivity index (χ4v) is 26.1. The summed E-state index contributed by atoms with van der Waals surface area (Å²) < 4.78 is 52.7. The van der Waals surface area contributed by atoms with Gasteiger partial charge in [0.1, 0.15) is 0 Å². The van der Waals surface area contributed by atoms with Crippen LogP contribution in [0.15, 0.2) is 158 Å². The zero-order chi connectivity index (χ0) is 55.9. The molecule has 11 heteroatoms. The summed E-state index contributed by atoms with van der Waals surface area (Å²) in [6, 6.07) is 47.1. The Hall–Kier alpha value is -3.57. The molecule has 0 spiro atoms. The highest BCUT2D eigenvalue weighted by Crippen LogP contribution is 2.47. The number of benzene rings is 4. The number of rotatable bonds is 22. The Morgan fingerprint density at radius 1 is 0.615 bits per heavy atom. The number of hydrogen-bond donors (Lipinski definition) is 1. The lowest BCUT2D eigenvalue weighted by Gasteiger charge is -2.55. The number of aliphatic hydroxyl groups is 1. The quantitative estimate of drug-likeness (QED) is 0.0615. The van der Waals surface area contributed by atoms with Crippen LogP contribution in [0.5, 0.6) is 0 Å². The van der Waals surface area contributed by atoms with Crippen molar-refractivity contribution in [1.29, 1.82) is 0 Å². The van der Waals surface area contributed by atoms with E-state index in [1.807, 2.05) is 6.08 Å². The number of hydrogen-bond acceptors (Lipinski definition) is 8. The molecule has 4 aliphatic heterocycles. The highest BCUT2D eigenvalue weighted by Gasteiger charge is 2.58. The van der Waals surface area contributed by atoms with Crippen molar-refractivity contribution in [3.8, 4) is 0 Å². The molecule has 8 nitrogen and oxygen atoms in total. The largest absolute Gasteiger partial charge is 0.411 e. The second-order valence-electron chi connectivity index (χ2n) is 25.3. The van der Waals surface area contributed by atoms with Crippen molar-refractivity contribution < 1.29 is 37.3 Å². The van der Waals surface area contributed by atoms with Gasteiger partial charge in [0.25, 0.3) is 16.6 Å². The van der Waals surface area contributed by atoms with Gasteiger partial charge in [-0.25, -0.2) is 0 Å². The van der Waals surface area contributed by atoms with E-state index >= 15 is 0 Å². The van der Waals surface area contributed by atoms with Crippen LogP contribution in [0.4, 0.5) is 0 Å². The molecule has 0 amide bonds. The standard InChI is InChI=1S/C67H96O8Si3/c1-14-76(15-2,16-3)75-65-51(7)64-62(72-63(65)46-60-50(6)48(4)44-53(71-60)39-40-58-49(5)45-52(70-58)30-29-42-68)47-61(74-78(67(11,12)13,56-35-25-19-26-36-56)57-37-27-20-28-38-57)59(73-64)41-43-69-77(66(8,9)10,54-31-21-17-22-32-54)55-33-23-18-24-34-55/h17-38,48,51-53,58-65,68H,5-6,14-16,39-47H2,1-4,7-13H3/t48-,51+,52+,53+,58+,59-,60-,61-,62+,63+,64+,65-/m1/s1. The minimum atomic E-state index is -3.08. The van der Waals surface area contributed by atoms with E-state index in [0.717, 1.165) is 55.0 Å². The van der Waals surface area contributed by atoms with E-state index in [1.54, 1.807) is 6.08 Å². The van der Waals surface area contributed by atoms with E-state index in [2.05, 4.69) is 204 Å². The van der Waals surface area contributed by atoms with Crippen LogP contribution < -0.4 is 20.7 Å². The molecule has 78 heavy (non-hydrogen) atoms. The molecule has 0 saturated carbocycles. The van der Waals surface area contributed by atoms with Gasteiger partial charge in [0.05, 0.1) is 67.6 Å². The summed E-state index contributed by atoms with van der Waals surface area (Å²) in [6.07, 6.45) is 7.44. The zero-order valence-electron chi connectivity index (χ0n) is 49.3. The highest BCUT2D eigenvalue weighted by molar-refractivity contribution is 7.00. The van der Waals surface area contributed by atoms with Crippen molar-refractivity contribution in [2.45, 2.75) is 210 Å². The summed E-state index contributed by atoms with van der Waals surface area (Å²) >= 11 is 0. The molecule has 1 N–H and O–H groups in total. The topological polar surface area (TPSA) is 84.8 Å². The molecule has 4 aromatic carbocycles. The van der Waals surface area contributed by atoms with Crippen molar-refractivity contribution in [3.63, 3.8) is 0 Å². The minimum Gasteiger partial charge on any atom is -0.411 e. The van der Waals surface area contributed by atoms with Crippen LogP contribution in [0.2, 0.25) is 28.2 Å². The van der Waals surface area contributed by atoms with Gasteiger partial charge in [0, 0.05) is 31.8 Å². The van der Waals surface area contributed by atoms with Gasteiger partial charge in [0.2, 0.25) is 0 Å². The molecule has 0 aliphatic carbocycles. The van der Waals surface area contributed by atoms with E-state index in [4.69, 9.17) is 38.8 Å². The van der Waals surface area contributed by atoms with Crippen LogP contribution >= 0.6 is 0 Å². The van der Waals surface area contributed by atoms with Crippen molar-refractivity contribution in [2.24, 2.45) is 11.8 Å². The maximum absolute atomic E-state index is 9.39. The van der Waals surface area contributed by atoms with Crippen LogP contribution in [-0.2, 0) is 32.2 Å². The lowest BCUT2D eigenvalue weighted by molar-refractivity contribution is -0.264. The fourth-order valence-electron chi connectivity index (χ4n) is 13.9. The first-order valence-electron chi connectivity index (χ1n) is 29.8. The van der Waals surface area contributed by atoms with E-state index in [0.29, 0.717) is 31.8 Å². The first kappa shape index (κ1) is 60.5. The van der Waals surface area contributed by atoms with Crippen molar-refractivity contribution in [1.82, 2.24) is 0 Å². The molecular weight excluding hydrogens is 1020 g/mol. The minimum absolute atomic E-state index is 0.00927. The summed E-state index contributed by atoms with van der Waals surface area (Å²) in [5.41, 5.74) is 2.25. The van der Waals surface area contributed by atoms with Gasteiger partial charge in [-0.05, 0) is 91.7 Å². The van der Waals surface area contributed by atoms with Gasteiger partial charge in [-0.1, -0.05) is 223 Å². The summed E-state index contributed by atoms with van der Waals surface area (Å²) in [7, 11) is -8.11. The van der Waals surface area contributed by atoms with Crippen LogP contribution in [-0.4, -0.2) is 104 Å². The van der Waals surface area contributed by atoms with E-state index in [9.17, 15) is 5.11 Å². The van der Waals surface area contributed by atoms with Gasteiger partial charge in [-0.15, -0.1) is 0 Å². The van der Waals surface area contributed by atoms with Gasteiger partial charge < -0.3 is 37.3 Å². The molecule has 8 rings (SSSR count). The Morgan fingerprint density at radius 3 is 1.64 bits per heavy atom. The monoisotopic (exact) mass is 1110 g/mol. The average molecular weight is 1110 g/mol. The van der Waals surface area contributed by atoms with Gasteiger partial charge >= 0.3 is 0 Å². The number of fused-ring (bicyclic) bond motifs is 1. The maximum atomic E-state index is 9.39. The zero-order valence-corrected chi connectivity index (χ0v) is 52.3. The fraction of sp³-hybridized carbons (Fsp3) is 0.552. The molecule has 0 unspecified atom stereocenters. The number of aliphatic hydroxyl groups excluding tert-OH is 1. The van der Waals surface area contributed by atoms with E-state index in [-0.39, 0.29) is 83.6 Å². The van der Waals surface area contributed by atoms with Gasteiger partial charge in [-0.3, -0.25) is 0 Å². The van der Waals surface area contributed by atoms with Gasteiger partial charge in [0.15, 0.2) is 8.32 Å². The Labute approximate surface area is 473 Å². The SMILES string of the molecule is C=C1C[C@H](C=CCO)O[C@H]1CC[C@H]1C[C@@H](C)C(=C)[C@@H](C[C@@H]2O[C@H]3C[C@@H](O[Si](c4ccccc4)(c4ccccc4)C(C)(C)C)[C@@H](CCO[Si](c4ccccc4)(c4ccccc4)C(C)(C)C)O[C@H]3[C@H](C)[C@H]2O[Si](CC)(CC)CC)O1. The molecule has 4 saturated heterocycles. The van der Waals surface area contributed by atoms with Crippen LogP contribution in [0, 0.1) is 11.8 Å². The van der Waals surface area contributed by atoms with Crippen LogP contribution in [0.25, 0.3) is 0 Å². The Kier molecular flexibility index (Phi) is 20.3. The van der Waals surface area contributed by atoms with E-state index < -0.39 is 25.0 Å². The molecule has 0 radical (unpaired) electrons. The Morgan fingerprint density at radius 2 is 1.14 bits per heavy atom. The van der Waals surface area contributed by atoms with Gasteiger partial charge in [-0.2, -0.15) is 0 Å². The predicted molar refractivity (Wildman–Crippen MR) is 328 cm³/mol. The molecule has 0 aromatic heterocycles. The first-order valence-corrected chi connectivity index (χ1v) is 36.2. The lowest BCUT2D eigenvalue weighted by atomic mass is 9.79. The van der Waals surface area contributed by atoms with Crippen molar-refractivity contribution in [2.75, 3.05) is 13.2 Å². The van der Waals surface area contributed by atoms with E-state index in [1.165, 1.54) is 20.7 Å². The Bertz CT molecular complexity index is 2460. The molecule has 4 fully saturated rings. The predicted octanol–water partition coefficient (Wildman–Crippen LogP) is 12.6. The highest BCUT2D eigenvalue weighted by atomic mass is 28.4. The third kappa shape index (κ3) is 12.9. The molecule has 424 valence electrons. The van der Waals surface area contributed by atoms with Crippen molar-refractivity contribution >= 4 is 45.7 Å². The molecular formula is C67H96O8Si3.